The highest BCUT2D eigenvalue weighted by Gasteiger charge is 2.11. The summed E-state index contributed by atoms with van der Waals surface area (Å²) in [6.45, 7) is 0.122. The lowest BCUT2D eigenvalue weighted by Gasteiger charge is -2.09. The van der Waals surface area contributed by atoms with E-state index in [9.17, 15) is 13.2 Å². The Labute approximate surface area is 154 Å². The lowest BCUT2D eigenvalue weighted by atomic mass is 10.2. The fourth-order valence-corrected chi connectivity index (χ4v) is 3.03. The van der Waals surface area contributed by atoms with Crippen LogP contribution in [0.3, 0.4) is 0 Å². The van der Waals surface area contributed by atoms with E-state index in [-0.39, 0.29) is 24.0 Å². The number of carbonyl (C=O) groups is 1. The zero-order chi connectivity index (χ0) is 17.6. The third kappa shape index (κ3) is 5.46. The van der Waals surface area contributed by atoms with Crippen LogP contribution in [0.1, 0.15) is 5.56 Å². The maximum atomic E-state index is 11.8. The van der Waals surface area contributed by atoms with Crippen molar-refractivity contribution < 1.29 is 17.9 Å². The van der Waals surface area contributed by atoms with Crippen molar-refractivity contribution in [3.8, 4) is 5.75 Å². The van der Waals surface area contributed by atoms with Gasteiger partial charge in [-0.05, 0) is 71.6 Å². The molecule has 0 saturated carbocycles. The minimum absolute atomic E-state index is 0.102. The van der Waals surface area contributed by atoms with Gasteiger partial charge in [0.2, 0.25) is 10.0 Å². The van der Waals surface area contributed by atoms with Gasteiger partial charge in [-0.2, -0.15) is 0 Å². The molecule has 0 spiro atoms. The van der Waals surface area contributed by atoms with Crippen molar-refractivity contribution in [2.45, 2.75) is 11.4 Å². The standard InChI is InChI=1S/C16H17IN2O4S/c1-18-24(21,22)15-4-2-3-12(9-15)10-19-16(20)11-23-14-7-5-13(17)6-8-14/h2-9,18H,10-11H2,1H3,(H,19,20). The molecule has 0 radical (unpaired) electrons. The molecular formula is C16H17IN2O4S. The van der Waals surface area contributed by atoms with Crippen LogP contribution in [-0.4, -0.2) is 28.0 Å². The van der Waals surface area contributed by atoms with Crippen LogP contribution in [-0.2, 0) is 21.4 Å². The molecule has 6 nitrogen and oxygen atoms in total. The number of rotatable bonds is 7. The predicted molar refractivity (Wildman–Crippen MR) is 99.2 cm³/mol. The molecule has 0 fully saturated rings. The summed E-state index contributed by atoms with van der Waals surface area (Å²) in [6, 6.07) is 13.8. The van der Waals surface area contributed by atoms with Crippen LogP contribution in [0.5, 0.6) is 5.75 Å². The van der Waals surface area contributed by atoms with Gasteiger partial charge in [-0.1, -0.05) is 12.1 Å². The van der Waals surface area contributed by atoms with Crippen LogP contribution in [0, 0.1) is 3.57 Å². The van der Waals surface area contributed by atoms with Gasteiger partial charge in [0, 0.05) is 10.1 Å². The first-order valence-electron chi connectivity index (χ1n) is 7.08. The number of sulfonamides is 1. The number of halogens is 1. The van der Waals surface area contributed by atoms with E-state index >= 15 is 0 Å². The molecule has 8 heteroatoms. The van der Waals surface area contributed by atoms with Crippen LogP contribution < -0.4 is 14.8 Å². The zero-order valence-corrected chi connectivity index (χ0v) is 15.9. The molecule has 0 aliphatic carbocycles. The number of benzene rings is 2. The lowest BCUT2D eigenvalue weighted by Crippen LogP contribution is -2.28. The molecule has 128 valence electrons. The Hall–Kier alpha value is -1.65. The van der Waals surface area contributed by atoms with Crippen LogP contribution in [0.4, 0.5) is 0 Å². The molecule has 0 heterocycles. The monoisotopic (exact) mass is 460 g/mol. The second kappa shape index (κ2) is 8.45. The summed E-state index contributed by atoms with van der Waals surface area (Å²) in [5, 5.41) is 2.70. The molecule has 2 rings (SSSR count). The Morgan fingerprint density at radius 3 is 2.54 bits per heavy atom. The molecule has 0 atom stereocenters. The normalized spacial score (nSPS) is 11.1. The molecule has 0 bridgehead atoms. The number of carbonyl (C=O) groups excluding carboxylic acids is 1. The second-order valence-corrected chi connectivity index (χ2v) is 8.01. The third-order valence-electron chi connectivity index (χ3n) is 3.15. The maximum Gasteiger partial charge on any atom is 0.258 e. The Morgan fingerprint density at radius 2 is 1.88 bits per heavy atom. The fraction of sp³-hybridized carbons (Fsp3) is 0.188. The first-order valence-corrected chi connectivity index (χ1v) is 9.64. The molecule has 0 unspecified atom stereocenters. The summed E-state index contributed by atoms with van der Waals surface area (Å²) < 4.78 is 32.2. The first-order chi connectivity index (χ1) is 11.4. The Morgan fingerprint density at radius 1 is 1.17 bits per heavy atom. The van der Waals surface area contributed by atoms with Crippen molar-refractivity contribution in [3.63, 3.8) is 0 Å². The van der Waals surface area contributed by atoms with Gasteiger partial charge in [0.15, 0.2) is 6.61 Å². The lowest BCUT2D eigenvalue weighted by molar-refractivity contribution is -0.123. The highest BCUT2D eigenvalue weighted by atomic mass is 127. The second-order valence-electron chi connectivity index (χ2n) is 4.87. The zero-order valence-electron chi connectivity index (χ0n) is 13.0. The van der Waals surface area contributed by atoms with Crippen LogP contribution >= 0.6 is 22.6 Å². The van der Waals surface area contributed by atoms with Gasteiger partial charge in [0.1, 0.15) is 5.75 Å². The van der Waals surface area contributed by atoms with E-state index in [4.69, 9.17) is 4.74 Å². The van der Waals surface area contributed by atoms with E-state index < -0.39 is 10.0 Å². The number of ether oxygens (including phenoxy) is 1. The molecule has 2 N–H and O–H groups in total. The molecule has 2 aromatic rings. The number of hydrogen-bond acceptors (Lipinski definition) is 4. The van der Waals surface area contributed by atoms with Crippen molar-refractivity contribution in [1.82, 2.24) is 10.0 Å². The average molecular weight is 460 g/mol. The topological polar surface area (TPSA) is 84.5 Å². The molecule has 0 aliphatic heterocycles. The average Bonchev–Trinajstić information content (AvgIpc) is 2.59. The van der Waals surface area contributed by atoms with E-state index in [1.807, 2.05) is 12.1 Å². The van der Waals surface area contributed by atoms with Crippen LogP contribution in [0.25, 0.3) is 0 Å². The quantitative estimate of drug-likeness (QED) is 0.619. The summed E-state index contributed by atoms with van der Waals surface area (Å²) in [6.07, 6.45) is 0. The van der Waals surface area contributed by atoms with Gasteiger partial charge >= 0.3 is 0 Å². The summed E-state index contributed by atoms with van der Waals surface area (Å²) >= 11 is 2.19. The highest BCUT2D eigenvalue weighted by Crippen LogP contribution is 2.13. The van der Waals surface area contributed by atoms with Gasteiger partial charge in [-0.25, -0.2) is 13.1 Å². The number of nitrogens with one attached hydrogen (secondary N) is 2. The van der Waals surface area contributed by atoms with E-state index in [2.05, 4.69) is 32.6 Å². The molecule has 0 saturated heterocycles. The summed E-state index contributed by atoms with van der Waals surface area (Å²) in [5.41, 5.74) is 0.689. The molecular weight excluding hydrogens is 443 g/mol. The third-order valence-corrected chi connectivity index (χ3v) is 5.28. The van der Waals surface area contributed by atoms with E-state index in [0.29, 0.717) is 11.3 Å². The largest absolute Gasteiger partial charge is 0.484 e. The first kappa shape index (κ1) is 18.7. The summed E-state index contributed by atoms with van der Waals surface area (Å²) in [5.74, 6) is 0.336. The number of hydrogen-bond donors (Lipinski definition) is 2. The van der Waals surface area contributed by atoms with Crippen molar-refractivity contribution in [2.24, 2.45) is 0 Å². The van der Waals surface area contributed by atoms with Crippen molar-refractivity contribution >= 4 is 38.5 Å². The minimum Gasteiger partial charge on any atom is -0.484 e. The van der Waals surface area contributed by atoms with Gasteiger partial charge in [0.05, 0.1) is 4.90 Å². The number of amides is 1. The van der Waals surface area contributed by atoms with Crippen molar-refractivity contribution in [3.05, 3.63) is 57.7 Å². The molecule has 24 heavy (non-hydrogen) atoms. The molecule has 1 amide bonds. The molecule has 0 aliphatic rings. The molecule has 0 aromatic heterocycles. The summed E-state index contributed by atoms with van der Waals surface area (Å²) in [4.78, 5) is 12.0. The smallest absolute Gasteiger partial charge is 0.258 e. The van der Waals surface area contributed by atoms with E-state index in [0.717, 1.165) is 3.57 Å². The Balaban J connectivity index is 1.87. The van der Waals surface area contributed by atoms with Crippen molar-refractivity contribution in [2.75, 3.05) is 13.7 Å². The van der Waals surface area contributed by atoms with Gasteiger partial charge in [0.25, 0.3) is 5.91 Å². The van der Waals surface area contributed by atoms with Crippen LogP contribution in [0.15, 0.2) is 53.4 Å². The van der Waals surface area contributed by atoms with E-state index in [1.54, 1.807) is 24.3 Å². The maximum absolute atomic E-state index is 11.8. The van der Waals surface area contributed by atoms with Gasteiger partial charge in [-0.3, -0.25) is 4.79 Å². The summed E-state index contributed by atoms with van der Waals surface area (Å²) in [7, 11) is -2.14. The predicted octanol–water partition coefficient (Wildman–Crippen LogP) is 1.89. The van der Waals surface area contributed by atoms with Crippen LogP contribution in [0.2, 0.25) is 0 Å². The minimum atomic E-state index is -3.50. The highest BCUT2D eigenvalue weighted by molar-refractivity contribution is 14.1. The molecule has 2 aromatic carbocycles. The Bertz CT molecular complexity index is 807. The SMILES string of the molecule is CNS(=O)(=O)c1cccc(CNC(=O)COc2ccc(I)cc2)c1. The fourth-order valence-electron chi connectivity index (χ4n) is 1.87. The van der Waals surface area contributed by atoms with Gasteiger partial charge < -0.3 is 10.1 Å². The Kier molecular flexibility index (Phi) is 6.58. The van der Waals surface area contributed by atoms with Crippen molar-refractivity contribution in [1.29, 1.82) is 0 Å². The van der Waals surface area contributed by atoms with E-state index in [1.165, 1.54) is 19.2 Å². The van der Waals surface area contributed by atoms with Gasteiger partial charge in [-0.15, -0.1) is 0 Å².